The molecule has 3 nitrogen and oxygen atoms in total. The maximum atomic E-state index is 11.0. The van der Waals surface area contributed by atoms with Crippen LogP contribution in [0, 0.1) is 0 Å². The van der Waals surface area contributed by atoms with Gasteiger partial charge in [-0.15, -0.1) is 0 Å². The van der Waals surface area contributed by atoms with E-state index in [0.29, 0.717) is 12.4 Å². The number of ether oxygens (including phenoxy) is 2. The Labute approximate surface area is 69.9 Å². The minimum atomic E-state index is -0.329. The molecule has 1 heterocycles. The van der Waals surface area contributed by atoms with Gasteiger partial charge in [-0.25, -0.2) is 4.79 Å². The van der Waals surface area contributed by atoms with Crippen LogP contribution in [0.2, 0.25) is 0 Å². The molecular formula is C9H8O3. The highest BCUT2D eigenvalue weighted by Crippen LogP contribution is 2.15. The number of para-hydroxylation sites is 1. The normalized spacial score (nSPS) is 20.2. The van der Waals surface area contributed by atoms with Crippen LogP contribution in [0.1, 0.15) is 0 Å². The van der Waals surface area contributed by atoms with Gasteiger partial charge in [-0.3, -0.25) is 0 Å². The van der Waals surface area contributed by atoms with E-state index in [1.54, 1.807) is 12.1 Å². The molecule has 0 radical (unpaired) electrons. The van der Waals surface area contributed by atoms with Crippen LogP contribution in [0.4, 0.5) is 0 Å². The molecule has 1 aromatic carbocycles. The van der Waals surface area contributed by atoms with Gasteiger partial charge in [-0.05, 0) is 12.1 Å². The van der Waals surface area contributed by atoms with E-state index in [4.69, 9.17) is 9.47 Å². The minimum Gasteiger partial charge on any atom is -0.425 e. The molecule has 1 unspecified atom stereocenters. The molecule has 1 aliphatic heterocycles. The van der Waals surface area contributed by atoms with Crippen LogP contribution in [-0.4, -0.2) is 18.7 Å². The Morgan fingerprint density at radius 1 is 1.42 bits per heavy atom. The van der Waals surface area contributed by atoms with E-state index in [2.05, 4.69) is 0 Å². The quantitative estimate of drug-likeness (QED) is 0.371. The summed E-state index contributed by atoms with van der Waals surface area (Å²) in [6, 6.07) is 8.97. The Bertz CT molecular complexity index is 277. The van der Waals surface area contributed by atoms with Crippen LogP contribution >= 0.6 is 0 Å². The topological polar surface area (TPSA) is 38.8 Å². The van der Waals surface area contributed by atoms with Crippen LogP contribution in [0.5, 0.6) is 5.75 Å². The van der Waals surface area contributed by atoms with Crippen molar-refractivity contribution in [3.05, 3.63) is 30.3 Å². The van der Waals surface area contributed by atoms with E-state index in [9.17, 15) is 4.79 Å². The lowest BCUT2D eigenvalue weighted by atomic mass is 10.3. The van der Waals surface area contributed by atoms with Crippen molar-refractivity contribution >= 4 is 5.97 Å². The van der Waals surface area contributed by atoms with Gasteiger partial charge in [0.25, 0.3) is 0 Å². The summed E-state index contributed by atoms with van der Waals surface area (Å²) >= 11 is 0. The second-order valence-corrected chi connectivity index (χ2v) is 2.56. The van der Waals surface area contributed by atoms with Gasteiger partial charge in [-0.2, -0.15) is 0 Å². The number of carbonyl (C=O) groups is 1. The van der Waals surface area contributed by atoms with Crippen molar-refractivity contribution in [2.75, 3.05) is 6.61 Å². The molecule has 1 fully saturated rings. The van der Waals surface area contributed by atoms with Crippen molar-refractivity contribution in [1.29, 1.82) is 0 Å². The van der Waals surface area contributed by atoms with E-state index in [1.807, 2.05) is 18.2 Å². The Hall–Kier alpha value is -1.35. The number of carbonyl (C=O) groups excluding carboxylic acids is 1. The third-order valence-corrected chi connectivity index (χ3v) is 1.56. The molecule has 0 saturated carbocycles. The maximum absolute atomic E-state index is 11.0. The molecule has 1 atom stereocenters. The van der Waals surface area contributed by atoms with Gasteiger partial charge in [-0.1, -0.05) is 18.2 Å². The van der Waals surface area contributed by atoms with E-state index < -0.39 is 0 Å². The zero-order valence-electron chi connectivity index (χ0n) is 6.40. The first-order valence-corrected chi connectivity index (χ1v) is 3.74. The maximum Gasteiger partial charge on any atom is 0.343 e. The van der Waals surface area contributed by atoms with E-state index in [-0.39, 0.29) is 12.1 Å². The summed E-state index contributed by atoms with van der Waals surface area (Å²) in [5, 5.41) is 0. The molecule has 0 N–H and O–H groups in total. The van der Waals surface area contributed by atoms with Crippen molar-refractivity contribution in [1.82, 2.24) is 0 Å². The fraction of sp³-hybridized carbons (Fsp3) is 0.222. The third kappa shape index (κ3) is 1.62. The summed E-state index contributed by atoms with van der Waals surface area (Å²) < 4.78 is 9.74. The Morgan fingerprint density at radius 3 is 2.67 bits per heavy atom. The molecule has 12 heavy (non-hydrogen) atoms. The lowest BCUT2D eigenvalue weighted by molar-refractivity contribution is -0.135. The number of epoxide rings is 1. The fourth-order valence-electron chi connectivity index (χ4n) is 0.855. The first kappa shape index (κ1) is 7.31. The highest BCUT2D eigenvalue weighted by atomic mass is 16.6. The van der Waals surface area contributed by atoms with Gasteiger partial charge >= 0.3 is 5.97 Å². The monoisotopic (exact) mass is 164 g/mol. The molecule has 0 spiro atoms. The number of hydrogen-bond acceptors (Lipinski definition) is 3. The van der Waals surface area contributed by atoms with Crippen molar-refractivity contribution in [2.45, 2.75) is 6.10 Å². The largest absolute Gasteiger partial charge is 0.425 e. The summed E-state index contributed by atoms with van der Waals surface area (Å²) in [7, 11) is 0. The zero-order valence-corrected chi connectivity index (χ0v) is 6.40. The van der Waals surface area contributed by atoms with Crippen LogP contribution in [0.3, 0.4) is 0 Å². The summed E-state index contributed by atoms with van der Waals surface area (Å²) in [6.45, 7) is 0.492. The number of benzene rings is 1. The van der Waals surface area contributed by atoms with Gasteiger partial charge in [0, 0.05) is 0 Å². The molecule has 1 aromatic rings. The van der Waals surface area contributed by atoms with Crippen LogP contribution in [0.15, 0.2) is 30.3 Å². The SMILES string of the molecule is O=C(Oc1ccccc1)C1CO1. The van der Waals surface area contributed by atoms with Crippen molar-refractivity contribution in [3.63, 3.8) is 0 Å². The minimum absolute atomic E-state index is 0.304. The smallest absolute Gasteiger partial charge is 0.343 e. The van der Waals surface area contributed by atoms with Gasteiger partial charge < -0.3 is 9.47 Å². The van der Waals surface area contributed by atoms with Crippen LogP contribution < -0.4 is 4.74 Å². The number of esters is 1. The fourth-order valence-corrected chi connectivity index (χ4v) is 0.855. The van der Waals surface area contributed by atoms with Gasteiger partial charge in [0.2, 0.25) is 0 Å². The van der Waals surface area contributed by atoms with Crippen molar-refractivity contribution < 1.29 is 14.3 Å². The van der Waals surface area contributed by atoms with E-state index in [0.717, 1.165) is 0 Å². The zero-order chi connectivity index (χ0) is 8.39. The molecule has 62 valence electrons. The summed E-state index contributed by atoms with van der Waals surface area (Å²) in [5.41, 5.74) is 0. The predicted octanol–water partition coefficient (Wildman–Crippen LogP) is 0.991. The second kappa shape index (κ2) is 2.95. The Balaban J connectivity index is 1.98. The molecule has 0 amide bonds. The van der Waals surface area contributed by atoms with Gasteiger partial charge in [0.1, 0.15) is 5.75 Å². The van der Waals surface area contributed by atoms with Crippen LogP contribution in [-0.2, 0) is 9.53 Å². The van der Waals surface area contributed by atoms with Gasteiger partial charge in [0.05, 0.1) is 6.61 Å². The average Bonchev–Trinajstić information content (AvgIpc) is 2.88. The molecule has 3 heteroatoms. The molecule has 0 aromatic heterocycles. The summed E-state index contributed by atoms with van der Waals surface area (Å²) in [4.78, 5) is 11.0. The first-order valence-electron chi connectivity index (χ1n) is 3.74. The lowest BCUT2D eigenvalue weighted by Crippen LogP contribution is -2.14. The van der Waals surface area contributed by atoms with Crippen molar-refractivity contribution in [3.8, 4) is 5.75 Å². The summed E-state index contributed by atoms with van der Waals surface area (Å²) in [5.74, 6) is 0.263. The second-order valence-electron chi connectivity index (χ2n) is 2.56. The summed E-state index contributed by atoms with van der Waals surface area (Å²) in [6.07, 6.45) is -0.329. The Morgan fingerprint density at radius 2 is 2.08 bits per heavy atom. The third-order valence-electron chi connectivity index (χ3n) is 1.56. The van der Waals surface area contributed by atoms with Crippen molar-refractivity contribution in [2.24, 2.45) is 0 Å². The van der Waals surface area contributed by atoms with E-state index >= 15 is 0 Å². The number of hydrogen-bond donors (Lipinski definition) is 0. The van der Waals surface area contributed by atoms with Crippen LogP contribution in [0.25, 0.3) is 0 Å². The van der Waals surface area contributed by atoms with Gasteiger partial charge in [0.15, 0.2) is 6.10 Å². The predicted molar refractivity (Wildman–Crippen MR) is 41.8 cm³/mol. The Kier molecular flexibility index (Phi) is 1.80. The number of rotatable bonds is 2. The molecule has 2 rings (SSSR count). The lowest BCUT2D eigenvalue weighted by Gasteiger charge is -1.99. The van der Waals surface area contributed by atoms with E-state index in [1.165, 1.54) is 0 Å². The highest BCUT2D eigenvalue weighted by molar-refractivity contribution is 5.79. The molecule has 0 aliphatic carbocycles. The highest BCUT2D eigenvalue weighted by Gasteiger charge is 2.33. The average molecular weight is 164 g/mol. The first-order chi connectivity index (χ1) is 5.86. The molecule has 1 aliphatic rings. The molecular weight excluding hydrogens is 156 g/mol. The molecule has 1 saturated heterocycles. The standard InChI is InChI=1S/C9H8O3/c10-9(8-6-11-8)12-7-4-2-1-3-5-7/h1-5,8H,6H2. The molecule has 0 bridgehead atoms.